The molecule has 1 saturated heterocycles. The van der Waals surface area contributed by atoms with Gasteiger partial charge in [0, 0.05) is 17.4 Å². The van der Waals surface area contributed by atoms with Gasteiger partial charge in [-0.25, -0.2) is 13.8 Å². The van der Waals surface area contributed by atoms with Gasteiger partial charge in [-0.1, -0.05) is 6.07 Å². The van der Waals surface area contributed by atoms with Gasteiger partial charge in [0.05, 0.1) is 24.3 Å². The molecule has 2 atom stereocenters. The fraction of sp³-hybridized carbons (Fsp3) is 0.455. The number of amides is 1. The maximum absolute atomic E-state index is 13.5. The number of benzene rings is 1. The van der Waals surface area contributed by atoms with Crippen LogP contribution in [0.3, 0.4) is 0 Å². The second kappa shape index (κ2) is 9.11. The highest BCUT2D eigenvalue weighted by Gasteiger charge is 2.42. The molecular weight excluding hydrogens is 479 g/mol. The first-order valence-corrected chi connectivity index (χ1v) is 10.9. The molecule has 2 aliphatic rings. The quantitative estimate of drug-likeness (QED) is 0.523. The van der Waals surface area contributed by atoms with Crippen LogP contribution in [0.5, 0.6) is 0 Å². The Morgan fingerprint density at radius 1 is 1.06 bits per heavy atom. The first-order valence-electron chi connectivity index (χ1n) is 10.9. The molecule has 2 fully saturated rings. The third-order valence-electron chi connectivity index (χ3n) is 6.05. The first-order chi connectivity index (χ1) is 16.6. The van der Waals surface area contributed by atoms with Gasteiger partial charge in [0.1, 0.15) is 11.8 Å². The lowest BCUT2D eigenvalue weighted by molar-refractivity contribution is -0.352. The molecule has 3 aromatic rings. The van der Waals surface area contributed by atoms with E-state index in [1.807, 2.05) is 0 Å². The second-order valence-corrected chi connectivity index (χ2v) is 8.56. The number of ether oxygens (including phenoxy) is 2. The van der Waals surface area contributed by atoms with Crippen LogP contribution in [0.1, 0.15) is 60.0 Å². The van der Waals surface area contributed by atoms with Crippen molar-refractivity contribution < 1.29 is 40.6 Å². The van der Waals surface area contributed by atoms with Crippen LogP contribution in [0, 0.1) is 11.6 Å². The van der Waals surface area contributed by atoms with Crippen LogP contribution in [-0.2, 0) is 9.47 Å². The van der Waals surface area contributed by atoms with Crippen molar-refractivity contribution in [1.82, 2.24) is 20.5 Å². The Morgan fingerprint density at radius 3 is 2.51 bits per heavy atom. The van der Waals surface area contributed by atoms with Gasteiger partial charge < -0.3 is 14.5 Å². The minimum absolute atomic E-state index is 0.0560. The number of carbonyl (C=O) groups is 1. The van der Waals surface area contributed by atoms with E-state index < -0.39 is 36.1 Å². The van der Waals surface area contributed by atoms with Gasteiger partial charge in [0.2, 0.25) is 11.8 Å². The molecule has 0 bridgehead atoms. The summed E-state index contributed by atoms with van der Waals surface area (Å²) < 4.78 is 78.9. The molecular formula is C22H19F5N4O4. The zero-order valence-corrected chi connectivity index (χ0v) is 18.0. The van der Waals surface area contributed by atoms with Crippen molar-refractivity contribution in [1.29, 1.82) is 0 Å². The molecule has 3 heterocycles. The first kappa shape index (κ1) is 23.5. The van der Waals surface area contributed by atoms with Crippen molar-refractivity contribution in [2.75, 3.05) is 6.61 Å². The summed E-state index contributed by atoms with van der Waals surface area (Å²) in [6.07, 6.45) is -4.79. The number of rotatable bonds is 5. The maximum Gasteiger partial charge on any atom is 0.522 e. The third kappa shape index (κ3) is 5.25. The predicted octanol–water partition coefficient (Wildman–Crippen LogP) is 4.33. The van der Waals surface area contributed by atoms with Gasteiger partial charge in [-0.05, 0) is 37.8 Å². The zero-order chi connectivity index (χ0) is 24.7. The Hall–Kier alpha value is -3.19. The van der Waals surface area contributed by atoms with E-state index in [1.165, 1.54) is 12.1 Å². The number of nitrogens with one attached hydrogen (secondary N) is 1. The smallest absolute Gasteiger partial charge is 0.422 e. The number of halogens is 5. The molecule has 186 valence electrons. The van der Waals surface area contributed by atoms with Gasteiger partial charge in [0.15, 0.2) is 11.6 Å². The van der Waals surface area contributed by atoms with E-state index in [9.17, 15) is 26.7 Å². The lowest BCUT2D eigenvalue weighted by Crippen LogP contribution is -2.41. The number of nitrogens with zero attached hydrogens (tertiary/aromatic N) is 3. The molecule has 1 aliphatic carbocycles. The standard InChI is InChI=1S/C22H19F5N4O4/c23-14-7-10-1-3-16(29-17(10)8-15(14)24)19(32)28-12-2-4-18(33-9-12)21-31-30-20(34-21)11-5-13(6-11)35-22(25,26)27/h1,3,7-8,11-13,18H,2,4-6,9H2,(H,28,32)/t11-,12-,13+,18+/m1/s1. The van der Waals surface area contributed by atoms with Gasteiger partial charge in [-0.15, -0.1) is 23.4 Å². The average Bonchev–Trinajstić information content (AvgIpc) is 3.26. The van der Waals surface area contributed by atoms with E-state index in [-0.39, 0.29) is 54.4 Å². The minimum atomic E-state index is -4.67. The lowest BCUT2D eigenvalue weighted by atomic mass is 9.82. The summed E-state index contributed by atoms with van der Waals surface area (Å²) in [5, 5.41) is 11.1. The van der Waals surface area contributed by atoms with E-state index in [2.05, 4.69) is 25.2 Å². The molecule has 0 spiro atoms. The van der Waals surface area contributed by atoms with Crippen LogP contribution in [0.15, 0.2) is 28.7 Å². The van der Waals surface area contributed by atoms with Crippen LogP contribution >= 0.6 is 0 Å². The van der Waals surface area contributed by atoms with E-state index in [0.29, 0.717) is 18.2 Å². The lowest BCUT2D eigenvalue weighted by Gasteiger charge is -2.33. The highest BCUT2D eigenvalue weighted by molar-refractivity contribution is 5.95. The monoisotopic (exact) mass is 498 g/mol. The molecule has 0 unspecified atom stereocenters. The fourth-order valence-electron chi connectivity index (χ4n) is 4.16. The third-order valence-corrected chi connectivity index (χ3v) is 6.05. The molecule has 1 aromatic carbocycles. The summed E-state index contributed by atoms with van der Waals surface area (Å²) >= 11 is 0. The van der Waals surface area contributed by atoms with Crippen LogP contribution in [-0.4, -0.2) is 46.2 Å². The largest absolute Gasteiger partial charge is 0.522 e. The minimum Gasteiger partial charge on any atom is -0.422 e. The van der Waals surface area contributed by atoms with E-state index in [0.717, 1.165) is 12.1 Å². The van der Waals surface area contributed by atoms with Crippen molar-refractivity contribution in [3.05, 3.63) is 53.4 Å². The topological polar surface area (TPSA) is 99.4 Å². The van der Waals surface area contributed by atoms with Crippen LogP contribution in [0.25, 0.3) is 10.9 Å². The molecule has 1 amide bonds. The number of alkyl halides is 3. The van der Waals surface area contributed by atoms with Crippen molar-refractivity contribution >= 4 is 16.8 Å². The Morgan fingerprint density at radius 2 is 1.80 bits per heavy atom. The van der Waals surface area contributed by atoms with Crippen molar-refractivity contribution in [3.63, 3.8) is 0 Å². The number of pyridine rings is 1. The van der Waals surface area contributed by atoms with Crippen molar-refractivity contribution in [2.24, 2.45) is 0 Å². The maximum atomic E-state index is 13.5. The summed E-state index contributed by atoms with van der Waals surface area (Å²) in [6.45, 7) is 0.159. The summed E-state index contributed by atoms with van der Waals surface area (Å²) in [5.41, 5.74) is 0.215. The second-order valence-electron chi connectivity index (χ2n) is 8.56. The average molecular weight is 498 g/mol. The van der Waals surface area contributed by atoms with Gasteiger partial charge >= 0.3 is 6.36 Å². The summed E-state index contributed by atoms with van der Waals surface area (Å²) in [6, 6.07) is 4.53. The summed E-state index contributed by atoms with van der Waals surface area (Å²) in [5.74, 6) is -2.34. The Bertz CT molecular complexity index is 1240. The number of carbonyl (C=O) groups excluding carboxylic acids is 1. The summed E-state index contributed by atoms with van der Waals surface area (Å²) in [7, 11) is 0. The number of aromatic nitrogens is 3. The van der Waals surface area contributed by atoms with E-state index >= 15 is 0 Å². The number of hydrogen-bond acceptors (Lipinski definition) is 7. The zero-order valence-electron chi connectivity index (χ0n) is 18.0. The van der Waals surface area contributed by atoms with Crippen LogP contribution < -0.4 is 5.32 Å². The molecule has 5 rings (SSSR count). The SMILES string of the molecule is O=C(N[C@@H]1CC[C@@H](c2nnc([C@H]3C[C@@H](OC(F)(F)F)C3)o2)OC1)c1ccc2cc(F)c(F)cc2n1. The number of hydrogen-bond donors (Lipinski definition) is 1. The van der Waals surface area contributed by atoms with E-state index in [4.69, 9.17) is 9.15 Å². The fourth-order valence-corrected chi connectivity index (χ4v) is 4.16. The number of fused-ring (bicyclic) bond motifs is 1. The normalized spacial score (nSPS) is 24.8. The predicted molar refractivity (Wildman–Crippen MR) is 108 cm³/mol. The highest BCUT2D eigenvalue weighted by Crippen LogP contribution is 2.41. The molecule has 2 aromatic heterocycles. The van der Waals surface area contributed by atoms with Gasteiger partial charge in [-0.2, -0.15) is 0 Å². The van der Waals surface area contributed by atoms with Crippen molar-refractivity contribution in [2.45, 2.75) is 56.2 Å². The van der Waals surface area contributed by atoms with Crippen LogP contribution in [0.4, 0.5) is 22.0 Å². The molecule has 1 saturated carbocycles. The van der Waals surface area contributed by atoms with E-state index in [1.54, 1.807) is 0 Å². The highest BCUT2D eigenvalue weighted by atomic mass is 19.4. The molecule has 0 radical (unpaired) electrons. The molecule has 13 heteroatoms. The Balaban J connectivity index is 1.13. The van der Waals surface area contributed by atoms with Gasteiger partial charge in [0.25, 0.3) is 5.91 Å². The molecule has 1 N–H and O–H groups in total. The van der Waals surface area contributed by atoms with Gasteiger partial charge in [-0.3, -0.25) is 9.53 Å². The Labute approximate surface area is 194 Å². The Kier molecular flexibility index (Phi) is 6.13. The molecule has 8 nitrogen and oxygen atoms in total. The molecule has 35 heavy (non-hydrogen) atoms. The van der Waals surface area contributed by atoms with Crippen molar-refractivity contribution in [3.8, 4) is 0 Å². The summed E-state index contributed by atoms with van der Waals surface area (Å²) in [4.78, 5) is 16.7. The van der Waals surface area contributed by atoms with Crippen LogP contribution in [0.2, 0.25) is 0 Å². The molecule has 1 aliphatic heterocycles.